The zero-order valence-electron chi connectivity index (χ0n) is 15.9. The first kappa shape index (κ1) is 19.6. The molecular weight excluding hydrogens is 360 g/mol. The lowest BCUT2D eigenvalue weighted by molar-refractivity contribution is -0.118. The maximum atomic E-state index is 12.6. The number of piperidine rings is 1. The Morgan fingerprint density at radius 1 is 1.26 bits per heavy atom. The van der Waals surface area contributed by atoms with Gasteiger partial charge < -0.3 is 10.1 Å². The largest absolute Gasteiger partial charge is 0.462 e. The number of nitrogens with one attached hydrogen (secondary N) is 1. The van der Waals surface area contributed by atoms with Gasteiger partial charge in [-0.3, -0.25) is 9.69 Å². The number of carbonyl (C=O) groups excluding carboxylic acids is 2. The third-order valence-corrected chi connectivity index (χ3v) is 5.79. The van der Waals surface area contributed by atoms with Gasteiger partial charge in [-0.2, -0.15) is 0 Å². The maximum absolute atomic E-state index is 12.6. The van der Waals surface area contributed by atoms with Gasteiger partial charge >= 0.3 is 5.97 Å². The molecule has 5 nitrogen and oxygen atoms in total. The van der Waals surface area contributed by atoms with Crippen LogP contribution in [0.5, 0.6) is 0 Å². The number of hydrogen-bond acceptors (Lipinski definition) is 5. The van der Waals surface area contributed by atoms with E-state index in [1.54, 1.807) is 6.92 Å². The molecule has 27 heavy (non-hydrogen) atoms. The van der Waals surface area contributed by atoms with Crippen LogP contribution in [0.2, 0.25) is 0 Å². The molecule has 0 saturated carbocycles. The average Bonchev–Trinajstić information content (AvgIpc) is 3.08. The van der Waals surface area contributed by atoms with Crippen molar-refractivity contribution >= 4 is 28.2 Å². The lowest BCUT2D eigenvalue weighted by Crippen LogP contribution is -2.42. The summed E-state index contributed by atoms with van der Waals surface area (Å²) in [7, 11) is 0. The molecule has 0 spiro atoms. The number of thiophene rings is 1. The van der Waals surface area contributed by atoms with E-state index in [-0.39, 0.29) is 5.91 Å². The highest BCUT2D eigenvalue weighted by Gasteiger charge is 2.25. The van der Waals surface area contributed by atoms with Crippen molar-refractivity contribution in [3.8, 4) is 11.1 Å². The Hall–Kier alpha value is -2.18. The summed E-state index contributed by atoms with van der Waals surface area (Å²) in [6, 6.07) is 10.1. The van der Waals surface area contributed by atoms with Gasteiger partial charge in [0, 0.05) is 17.0 Å². The van der Waals surface area contributed by atoms with Crippen LogP contribution in [0.1, 0.15) is 43.5 Å². The molecule has 1 aromatic heterocycles. The Morgan fingerprint density at radius 3 is 2.74 bits per heavy atom. The van der Waals surface area contributed by atoms with E-state index in [2.05, 4.69) is 17.1 Å². The molecule has 0 aliphatic carbocycles. The zero-order chi connectivity index (χ0) is 19.2. The van der Waals surface area contributed by atoms with Gasteiger partial charge in [-0.25, -0.2) is 4.79 Å². The van der Waals surface area contributed by atoms with Crippen LogP contribution in [0.25, 0.3) is 11.1 Å². The van der Waals surface area contributed by atoms with Crippen molar-refractivity contribution < 1.29 is 14.3 Å². The number of carbonyl (C=O) groups is 2. The number of ether oxygens (including phenoxy) is 1. The second kappa shape index (κ2) is 9.15. The minimum atomic E-state index is -0.403. The molecule has 1 saturated heterocycles. The monoisotopic (exact) mass is 386 g/mol. The molecule has 1 fully saturated rings. The molecule has 1 N–H and O–H groups in total. The SMILES string of the molecule is CCOC(=O)c1c(-c2ccccc2)csc1NC(=O)CN1CCCC[C@@H]1C. The number of benzene rings is 1. The Bertz CT molecular complexity index is 788. The minimum Gasteiger partial charge on any atom is -0.462 e. The molecule has 0 bridgehead atoms. The molecule has 1 amide bonds. The van der Waals surface area contributed by atoms with Gasteiger partial charge in [-0.15, -0.1) is 11.3 Å². The Balaban J connectivity index is 1.81. The summed E-state index contributed by atoms with van der Waals surface area (Å²) in [5.74, 6) is -0.491. The van der Waals surface area contributed by atoms with Crippen molar-refractivity contribution in [1.29, 1.82) is 0 Å². The van der Waals surface area contributed by atoms with E-state index in [4.69, 9.17) is 4.74 Å². The van der Waals surface area contributed by atoms with E-state index in [0.29, 0.717) is 29.8 Å². The van der Waals surface area contributed by atoms with Crippen LogP contribution < -0.4 is 5.32 Å². The Morgan fingerprint density at radius 2 is 2.04 bits per heavy atom. The fourth-order valence-electron chi connectivity index (χ4n) is 3.43. The molecular formula is C21H26N2O3S. The summed E-state index contributed by atoms with van der Waals surface area (Å²) in [5, 5.41) is 5.41. The smallest absolute Gasteiger partial charge is 0.341 e. The summed E-state index contributed by atoms with van der Waals surface area (Å²) in [5.41, 5.74) is 2.16. The predicted molar refractivity (Wildman–Crippen MR) is 109 cm³/mol. The van der Waals surface area contributed by atoms with Crippen molar-refractivity contribution in [2.24, 2.45) is 0 Å². The van der Waals surface area contributed by atoms with Crippen LogP contribution in [0, 0.1) is 0 Å². The fraction of sp³-hybridized carbons (Fsp3) is 0.429. The highest BCUT2D eigenvalue weighted by molar-refractivity contribution is 7.15. The van der Waals surface area contributed by atoms with E-state index in [1.807, 2.05) is 35.7 Å². The van der Waals surface area contributed by atoms with Gasteiger partial charge in [0.2, 0.25) is 5.91 Å². The van der Waals surface area contributed by atoms with Crippen LogP contribution >= 0.6 is 11.3 Å². The first-order chi connectivity index (χ1) is 13.1. The molecule has 1 aliphatic heterocycles. The molecule has 6 heteroatoms. The first-order valence-corrected chi connectivity index (χ1v) is 10.4. The average molecular weight is 387 g/mol. The van der Waals surface area contributed by atoms with Gasteiger partial charge in [0.15, 0.2) is 0 Å². The van der Waals surface area contributed by atoms with Crippen molar-refractivity contribution in [1.82, 2.24) is 4.90 Å². The molecule has 3 rings (SSSR count). The van der Waals surface area contributed by atoms with E-state index in [0.717, 1.165) is 30.5 Å². The second-order valence-corrected chi connectivity index (χ2v) is 7.68. The topological polar surface area (TPSA) is 58.6 Å². The molecule has 1 atom stereocenters. The van der Waals surface area contributed by atoms with Gasteiger partial charge in [0.25, 0.3) is 0 Å². The number of esters is 1. The predicted octanol–water partition coefficient (Wildman–Crippen LogP) is 4.40. The molecule has 144 valence electrons. The fourth-order valence-corrected chi connectivity index (χ4v) is 4.40. The summed E-state index contributed by atoms with van der Waals surface area (Å²) < 4.78 is 5.24. The van der Waals surface area contributed by atoms with Crippen LogP contribution in [0.15, 0.2) is 35.7 Å². The Kier molecular flexibility index (Phi) is 6.63. The number of rotatable bonds is 6. The van der Waals surface area contributed by atoms with E-state index >= 15 is 0 Å². The highest BCUT2D eigenvalue weighted by atomic mass is 32.1. The number of anilines is 1. The first-order valence-electron chi connectivity index (χ1n) is 9.48. The van der Waals surface area contributed by atoms with Crippen molar-refractivity contribution in [2.45, 2.75) is 39.2 Å². The summed E-state index contributed by atoms with van der Waals surface area (Å²) in [6.07, 6.45) is 3.47. The highest BCUT2D eigenvalue weighted by Crippen LogP contribution is 2.36. The van der Waals surface area contributed by atoms with Crippen molar-refractivity contribution in [2.75, 3.05) is 25.0 Å². The number of nitrogens with zero attached hydrogens (tertiary/aromatic N) is 1. The number of hydrogen-bond donors (Lipinski definition) is 1. The zero-order valence-corrected chi connectivity index (χ0v) is 16.7. The van der Waals surface area contributed by atoms with Crippen LogP contribution in [0.4, 0.5) is 5.00 Å². The van der Waals surface area contributed by atoms with Crippen molar-refractivity contribution in [3.63, 3.8) is 0 Å². The maximum Gasteiger partial charge on any atom is 0.341 e. The van der Waals surface area contributed by atoms with E-state index in [9.17, 15) is 9.59 Å². The lowest BCUT2D eigenvalue weighted by atomic mass is 10.0. The molecule has 0 unspecified atom stereocenters. The summed E-state index contributed by atoms with van der Waals surface area (Å²) in [4.78, 5) is 27.4. The normalized spacial score (nSPS) is 17.5. The Labute approximate surface area is 164 Å². The molecule has 1 aliphatic rings. The standard InChI is InChI=1S/C21H26N2O3S/c1-3-26-21(25)19-17(16-10-5-4-6-11-16)14-27-20(19)22-18(24)13-23-12-8-7-9-15(23)2/h4-6,10-11,14-15H,3,7-9,12-13H2,1-2H3,(H,22,24)/t15-/m0/s1. The quantitative estimate of drug-likeness (QED) is 0.748. The third-order valence-electron chi connectivity index (χ3n) is 4.90. The van der Waals surface area contributed by atoms with Crippen LogP contribution in [0.3, 0.4) is 0 Å². The van der Waals surface area contributed by atoms with Gasteiger partial charge in [0.05, 0.1) is 13.2 Å². The number of likely N-dealkylation sites (tertiary alicyclic amines) is 1. The molecule has 2 heterocycles. The van der Waals surface area contributed by atoms with Gasteiger partial charge in [-0.05, 0) is 38.8 Å². The van der Waals surface area contributed by atoms with Crippen LogP contribution in [-0.2, 0) is 9.53 Å². The van der Waals surface area contributed by atoms with E-state index < -0.39 is 5.97 Å². The molecule has 1 aromatic carbocycles. The van der Waals surface area contributed by atoms with Gasteiger partial charge in [-0.1, -0.05) is 36.8 Å². The molecule has 2 aromatic rings. The minimum absolute atomic E-state index is 0.0873. The summed E-state index contributed by atoms with van der Waals surface area (Å²) in [6.45, 7) is 5.53. The van der Waals surface area contributed by atoms with Crippen molar-refractivity contribution in [3.05, 3.63) is 41.3 Å². The van der Waals surface area contributed by atoms with Gasteiger partial charge in [0.1, 0.15) is 10.6 Å². The van der Waals surface area contributed by atoms with E-state index in [1.165, 1.54) is 17.8 Å². The third kappa shape index (κ3) is 4.76. The second-order valence-electron chi connectivity index (χ2n) is 6.80. The summed E-state index contributed by atoms with van der Waals surface area (Å²) >= 11 is 1.37. The van der Waals surface area contributed by atoms with Crippen LogP contribution in [-0.4, -0.2) is 42.5 Å². The lowest BCUT2D eigenvalue weighted by Gasteiger charge is -2.32. The molecule has 0 radical (unpaired) electrons. The number of amides is 1.